The van der Waals surface area contributed by atoms with Crippen LogP contribution in [-0.4, -0.2) is 74.2 Å². The molecule has 45 heavy (non-hydrogen) atoms. The molecule has 0 saturated heterocycles. The van der Waals surface area contributed by atoms with Crippen LogP contribution in [0.4, 0.5) is 0 Å². The van der Waals surface area contributed by atoms with Crippen LogP contribution in [0.1, 0.15) is 74.8 Å². The maximum Gasteiger partial charge on any atom is 0.202 e. The molecule has 10 N–H and O–H groups in total. The van der Waals surface area contributed by atoms with Crippen LogP contribution in [0.15, 0.2) is 24.3 Å². The molecule has 0 bridgehead atoms. The van der Waals surface area contributed by atoms with Gasteiger partial charge < -0.3 is 55.8 Å². The van der Waals surface area contributed by atoms with Crippen molar-refractivity contribution in [2.24, 2.45) is 0 Å². The number of ketones is 4. The first-order chi connectivity index (χ1) is 21.2. The minimum Gasteiger partial charge on any atom is -0.507 e. The number of phenolic OH excluding ortho intramolecular Hbond substituents is 10. The summed E-state index contributed by atoms with van der Waals surface area (Å²) in [5.74, 6) is -14.0. The van der Waals surface area contributed by atoms with Crippen LogP contribution in [0.2, 0.25) is 0 Å². The van der Waals surface area contributed by atoms with Crippen LogP contribution >= 0.6 is 0 Å². The zero-order chi connectivity index (χ0) is 32.8. The quantitative estimate of drug-likeness (QED) is 0.0999. The molecular formula is C30H18O15. The van der Waals surface area contributed by atoms with Gasteiger partial charge in [0.05, 0.1) is 46.6 Å². The van der Waals surface area contributed by atoms with Gasteiger partial charge >= 0.3 is 0 Å². The molecule has 0 fully saturated rings. The molecule has 15 nitrogen and oxygen atoms in total. The van der Waals surface area contributed by atoms with Crippen LogP contribution in [0.3, 0.4) is 0 Å². The number of carbonyl (C=O) groups is 4. The molecule has 0 heterocycles. The molecule has 0 unspecified atom stereocenters. The van der Waals surface area contributed by atoms with Crippen molar-refractivity contribution >= 4 is 23.1 Å². The van der Waals surface area contributed by atoms with Crippen LogP contribution < -0.4 is 0 Å². The third-order valence-electron chi connectivity index (χ3n) is 7.59. The number of rotatable bonds is 4. The maximum atomic E-state index is 13.2. The third kappa shape index (κ3) is 3.81. The highest BCUT2D eigenvalue weighted by Gasteiger charge is 2.41. The summed E-state index contributed by atoms with van der Waals surface area (Å²) in [7, 11) is 0. The van der Waals surface area contributed by atoms with Crippen molar-refractivity contribution in [2.75, 3.05) is 0 Å². The van der Waals surface area contributed by atoms with Gasteiger partial charge in [0.15, 0.2) is 57.6 Å². The van der Waals surface area contributed by atoms with Gasteiger partial charge in [-0.1, -0.05) is 0 Å². The second-order valence-corrected chi connectivity index (χ2v) is 10.1. The van der Waals surface area contributed by atoms with Crippen molar-refractivity contribution in [2.45, 2.75) is 13.2 Å². The molecule has 0 atom stereocenters. The topological polar surface area (TPSA) is 280 Å². The fourth-order valence-corrected chi connectivity index (χ4v) is 5.44. The number of ether oxygens (including phenoxy) is 1. The monoisotopic (exact) mass is 618 g/mol. The fraction of sp³-hybridized carbons (Fsp3) is 0.0667. The summed E-state index contributed by atoms with van der Waals surface area (Å²) in [6.45, 7) is -1.29. The van der Waals surface area contributed by atoms with Crippen molar-refractivity contribution < 1.29 is 75.0 Å². The van der Waals surface area contributed by atoms with Crippen LogP contribution in [-0.2, 0) is 18.0 Å². The van der Waals surface area contributed by atoms with E-state index in [0.717, 1.165) is 12.1 Å². The highest BCUT2D eigenvalue weighted by Crippen LogP contribution is 2.49. The number of aromatic hydroxyl groups is 10. The number of phenols is 10. The molecule has 0 saturated carbocycles. The lowest BCUT2D eigenvalue weighted by molar-refractivity contribution is 0.0957. The summed E-state index contributed by atoms with van der Waals surface area (Å²) in [6, 6.07) is 3.13. The predicted octanol–water partition coefficient (Wildman–Crippen LogP) is 2.01. The molecule has 2 aliphatic carbocycles. The molecule has 0 aromatic heterocycles. The van der Waals surface area contributed by atoms with E-state index < -0.39 is 138 Å². The zero-order valence-corrected chi connectivity index (χ0v) is 22.2. The first-order valence-electron chi connectivity index (χ1n) is 12.6. The van der Waals surface area contributed by atoms with Gasteiger partial charge in [-0.15, -0.1) is 0 Å². The number of fused-ring (bicyclic) bond motifs is 4. The first-order valence-corrected chi connectivity index (χ1v) is 12.6. The van der Waals surface area contributed by atoms with E-state index in [1.807, 2.05) is 0 Å². The summed E-state index contributed by atoms with van der Waals surface area (Å²) in [5, 5.41) is 103. The molecule has 6 rings (SSSR count). The molecule has 0 amide bonds. The lowest BCUT2D eigenvalue weighted by atomic mass is 9.81. The zero-order valence-electron chi connectivity index (χ0n) is 22.2. The van der Waals surface area contributed by atoms with Crippen LogP contribution in [0, 0.1) is 0 Å². The number of hydrogen-bond acceptors (Lipinski definition) is 15. The fourth-order valence-electron chi connectivity index (χ4n) is 5.44. The average molecular weight is 618 g/mol. The Labute approximate surface area is 248 Å². The van der Waals surface area contributed by atoms with Gasteiger partial charge in [-0.2, -0.15) is 0 Å². The Bertz CT molecular complexity index is 1960. The van der Waals surface area contributed by atoms with Crippen LogP contribution in [0.25, 0.3) is 0 Å². The molecule has 0 aliphatic heterocycles. The van der Waals surface area contributed by atoms with Gasteiger partial charge in [0.25, 0.3) is 0 Å². The molecule has 2 aliphatic rings. The number of carbonyl (C=O) groups excluding carboxylic acids is 4. The normalized spacial score (nSPS) is 13.3. The van der Waals surface area contributed by atoms with Gasteiger partial charge in [-0.25, -0.2) is 0 Å². The highest BCUT2D eigenvalue weighted by atomic mass is 16.5. The average Bonchev–Trinajstić information content (AvgIpc) is 2.98. The van der Waals surface area contributed by atoms with E-state index in [1.54, 1.807) is 0 Å². The van der Waals surface area contributed by atoms with Crippen LogP contribution in [0.5, 0.6) is 57.5 Å². The van der Waals surface area contributed by atoms with Crippen molar-refractivity contribution in [3.8, 4) is 57.5 Å². The second-order valence-electron chi connectivity index (χ2n) is 10.1. The Morgan fingerprint density at radius 1 is 0.378 bits per heavy atom. The lowest BCUT2D eigenvalue weighted by Gasteiger charge is -2.23. The molecule has 15 heteroatoms. The van der Waals surface area contributed by atoms with E-state index in [9.17, 15) is 70.2 Å². The smallest absolute Gasteiger partial charge is 0.202 e. The van der Waals surface area contributed by atoms with E-state index in [0.29, 0.717) is 12.1 Å². The van der Waals surface area contributed by atoms with Gasteiger partial charge in [-0.3, -0.25) is 19.2 Å². The Morgan fingerprint density at radius 3 is 1.09 bits per heavy atom. The summed E-state index contributed by atoms with van der Waals surface area (Å²) in [4.78, 5) is 52.4. The third-order valence-corrected chi connectivity index (χ3v) is 7.59. The summed E-state index contributed by atoms with van der Waals surface area (Å²) in [6.07, 6.45) is 0. The maximum absolute atomic E-state index is 13.2. The first kappa shape index (κ1) is 28.6. The van der Waals surface area contributed by atoms with Gasteiger partial charge in [0, 0.05) is 34.4 Å². The van der Waals surface area contributed by atoms with E-state index in [4.69, 9.17) is 4.74 Å². The highest BCUT2D eigenvalue weighted by molar-refractivity contribution is 6.32. The number of benzene rings is 4. The Morgan fingerprint density at radius 2 is 0.733 bits per heavy atom. The van der Waals surface area contributed by atoms with Crippen molar-refractivity contribution in [3.05, 3.63) is 79.9 Å². The minimum absolute atomic E-state index is 0.294. The summed E-state index contributed by atoms with van der Waals surface area (Å²) >= 11 is 0. The van der Waals surface area contributed by atoms with Gasteiger partial charge in [0.1, 0.15) is 11.5 Å². The van der Waals surface area contributed by atoms with E-state index in [1.165, 1.54) is 0 Å². The van der Waals surface area contributed by atoms with E-state index >= 15 is 0 Å². The molecule has 0 spiro atoms. The SMILES string of the molecule is O=C1c2c(cc(COCc3cc4c(c(O)c3O)C(=O)c3c(O)cc(O)c(O)c3C4=O)c(O)c2O)C(=O)c2c(O)c(O)cc(O)c21. The van der Waals surface area contributed by atoms with Crippen molar-refractivity contribution in [1.82, 2.24) is 0 Å². The molecule has 4 aromatic carbocycles. The van der Waals surface area contributed by atoms with E-state index in [-0.39, 0.29) is 11.1 Å². The Balaban J connectivity index is 1.34. The molecule has 228 valence electrons. The minimum atomic E-state index is -1.14. The van der Waals surface area contributed by atoms with Crippen molar-refractivity contribution in [1.29, 1.82) is 0 Å². The molecule has 0 radical (unpaired) electrons. The van der Waals surface area contributed by atoms with Crippen molar-refractivity contribution in [3.63, 3.8) is 0 Å². The Hall–Kier alpha value is -6.48. The van der Waals surface area contributed by atoms with Gasteiger partial charge in [0.2, 0.25) is 11.6 Å². The Kier molecular flexibility index (Phi) is 6.05. The largest absolute Gasteiger partial charge is 0.507 e. The molecule has 4 aromatic rings. The predicted molar refractivity (Wildman–Crippen MR) is 145 cm³/mol. The van der Waals surface area contributed by atoms with Gasteiger partial charge in [-0.05, 0) is 12.1 Å². The number of hydrogen-bond donors (Lipinski definition) is 10. The lowest BCUT2D eigenvalue weighted by Crippen LogP contribution is -2.22. The summed E-state index contributed by atoms with van der Waals surface area (Å²) < 4.78 is 5.45. The summed E-state index contributed by atoms with van der Waals surface area (Å²) in [5.41, 5.74) is -5.94. The standard InChI is InChI=1S/C30H18O15/c31-11-3-13(33)25(39)19-17(11)27(41)15-9(23(19)37)1-7(21(35)29(15)43)5-45-6-8-2-10-16(30(44)22(8)36)28(42)18-12(32)4-14(34)26(40)20(18)24(10)38/h1-4,31-36,39-40,43-44H,5-6H2. The second kappa shape index (κ2) is 9.51. The molecular weight excluding hydrogens is 600 g/mol. The van der Waals surface area contributed by atoms with E-state index in [2.05, 4.69) is 0 Å².